The molecule has 1 heterocycles. The minimum absolute atomic E-state index is 0.341. The van der Waals surface area contributed by atoms with Gasteiger partial charge in [0, 0.05) is 10.4 Å². The minimum atomic E-state index is -1.20. The Bertz CT molecular complexity index is 1030. The number of hydroxylamine groups is 1. The van der Waals surface area contributed by atoms with Crippen LogP contribution in [0.5, 0.6) is 0 Å². The number of carbonyl (C=O) groups excluding carboxylic acids is 1. The Morgan fingerprint density at radius 3 is 2.67 bits per heavy atom. The van der Waals surface area contributed by atoms with Gasteiger partial charge in [-0.05, 0) is 61.2 Å². The SMILES string of the molecule is Cc1c(F)cccc1[C@]1(C(=O)NO)CCc2nc(-c3ccc(F)cc3)sc21. The Hall–Kier alpha value is -2.64. The van der Waals surface area contributed by atoms with Crippen LogP contribution >= 0.6 is 11.3 Å². The van der Waals surface area contributed by atoms with Gasteiger partial charge in [-0.3, -0.25) is 10.0 Å². The van der Waals surface area contributed by atoms with Crippen LogP contribution in [0.25, 0.3) is 10.6 Å². The molecule has 0 aliphatic heterocycles. The Balaban J connectivity index is 1.91. The fraction of sp³-hybridized carbons (Fsp3) is 0.200. The summed E-state index contributed by atoms with van der Waals surface area (Å²) >= 11 is 1.31. The normalized spacial score (nSPS) is 18.4. The van der Waals surface area contributed by atoms with Gasteiger partial charge in [0.25, 0.3) is 5.91 Å². The summed E-state index contributed by atoms with van der Waals surface area (Å²) in [5.74, 6) is -1.36. The number of halogens is 2. The van der Waals surface area contributed by atoms with Crippen molar-refractivity contribution in [3.63, 3.8) is 0 Å². The zero-order chi connectivity index (χ0) is 19.2. The quantitative estimate of drug-likeness (QED) is 0.525. The average molecular weight is 386 g/mol. The highest BCUT2D eigenvalue weighted by Crippen LogP contribution is 2.49. The van der Waals surface area contributed by atoms with E-state index in [9.17, 15) is 18.8 Å². The molecule has 4 nitrogen and oxygen atoms in total. The first-order valence-corrected chi connectivity index (χ1v) is 9.25. The molecule has 138 valence electrons. The van der Waals surface area contributed by atoms with Gasteiger partial charge in [-0.25, -0.2) is 19.2 Å². The van der Waals surface area contributed by atoms with Gasteiger partial charge in [-0.2, -0.15) is 0 Å². The van der Waals surface area contributed by atoms with Crippen molar-refractivity contribution in [3.8, 4) is 10.6 Å². The number of aryl methyl sites for hydroxylation is 1. The van der Waals surface area contributed by atoms with Crippen molar-refractivity contribution in [3.05, 3.63) is 75.8 Å². The summed E-state index contributed by atoms with van der Waals surface area (Å²) in [7, 11) is 0. The Kier molecular flexibility index (Phi) is 4.28. The maximum atomic E-state index is 14.2. The highest BCUT2D eigenvalue weighted by molar-refractivity contribution is 7.15. The smallest absolute Gasteiger partial charge is 0.259 e. The van der Waals surface area contributed by atoms with E-state index in [4.69, 9.17) is 0 Å². The summed E-state index contributed by atoms with van der Waals surface area (Å²) in [6.07, 6.45) is 0.915. The molecule has 0 unspecified atom stereocenters. The first-order chi connectivity index (χ1) is 13.0. The van der Waals surface area contributed by atoms with E-state index in [0.29, 0.717) is 33.9 Å². The summed E-state index contributed by atoms with van der Waals surface area (Å²) < 4.78 is 27.4. The summed E-state index contributed by atoms with van der Waals surface area (Å²) in [6.45, 7) is 1.62. The highest BCUT2D eigenvalue weighted by Gasteiger charge is 2.50. The molecule has 0 fully saturated rings. The molecule has 27 heavy (non-hydrogen) atoms. The van der Waals surface area contributed by atoms with Gasteiger partial charge < -0.3 is 0 Å². The zero-order valence-electron chi connectivity index (χ0n) is 14.4. The van der Waals surface area contributed by atoms with Crippen molar-refractivity contribution in [2.24, 2.45) is 0 Å². The van der Waals surface area contributed by atoms with Crippen LogP contribution in [0.3, 0.4) is 0 Å². The molecule has 4 rings (SSSR count). The third kappa shape index (κ3) is 2.65. The number of aromatic nitrogens is 1. The standard InChI is InChI=1S/C20H16F2N2O2S/c1-11-14(3-2-4-15(11)22)20(19(25)24-26)10-9-16-17(20)27-18(23-16)12-5-7-13(21)8-6-12/h2-8,26H,9-10H2,1H3,(H,24,25)/t20-/m1/s1. The predicted molar refractivity (Wildman–Crippen MR) is 97.7 cm³/mol. The van der Waals surface area contributed by atoms with Crippen LogP contribution in [0.4, 0.5) is 8.78 Å². The van der Waals surface area contributed by atoms with E-state index in [1.165, 1.54) is 29.5 Å². The third-order valence-electron chi connectivity index (χ3n) is 5.13. The lowest BCUT2D eigenvalue weighted by molar-refractivity contribution is -0.133. The van der Waals surface area contributed by atoms with Crippen molar-refractivity contribution in [2.75, 3.05) is 0 Å². The molecule has 1 atom stereocenters. The number of hydrogen-bond acceptors (Lipinski definition) is 4. The molecule has 0 bridgehead atoms. The molecular formula is C20H16F2N2O2S. The van der Waals surface area contributed by atoms with E-state index in [1.54, 1.807) is 36.7 Å². The van der Waals surface area contributed by atoms with Crippen LogP contribution in [-0.4, -0.2) is 16.1 Å². The zero-order valence-corrected chi connectivity index (χ0v) is 15.2. The van der Waals surface area contributed by atoms with Gasteiger partial charge in [-0.15, -0.1) is 11.3 Å². The molecule has 3 aromatic rings. The number of hydrogen-bond donors (Lipinski definition) is 2. The maximum Gasteiger partial charge on any atom is 0.259 e. The summed E-state index contributed by atoms with van der Waals surface area (Å²) in [6, 6.07) is 10.6. The van der Waals surface area contributed by atoms with Crippen LogP contribution in [-0.2, 0) is 16.6 Å². The van der Waals surface area contributed by atoms with E-state index in [-0.39, 0.29) is 5.82 Å². The first kappa shape index (κ1) is 17.8. The molecule has 2 N–H and O–H groups in total. The Morgan fingerprint density at radius 2 is 1.96 bits per heavy atom. The molecule has 1 aromatic heterocycles. The number of carbonyl (C=O) groups is 1. The topological polar surface area (TPSA) is 62.2 Å². The maximum absolute atomic E-state index is 14.2. The molecule has 1 aliphatic carbocycles. The number of benzene rings is 2. The molecule has 7 heteroatoms. The largest absolute Gasteiger partial charge is 0.289 e. The Morgan fingerprint density at radius 1 is 1.22 bits per heavy atom. The lowest BCUT2D eigenvalue weighted by atomic mass is 9.76. The van der Waals surface area contributed by atoms with E-state index in [2.05, 4.69) is 4.98 Å². The minimum Gasteiger partial charge on any atom is -0.289 e. The van der Waals surface area contributed by atoms with Gasteiger partial charge in [0.05, 0.1) is 5.69 Å². The highest BCUT2D eigenvalue weighted by atomic mass is 32.1. The van der Waals surface area contributed by atoms with Crippen molar-refractivity contribution in [1.82, 2.24) is 10.5 Å². The monoisotopic (exact) mass is 386 g/mol. The molecule has 0 saturated carbocycles. The van der Waals surface area contributed by atoms with E-state index < -0.39 is 17.1 Å². The van der Waals surface area contributed by atoms with Crippen LogP contribution in [0.2, 0.25) is 0 Å². The van der Waals surface area contributed by atoms with E-state index in [0.717, 1.165) is 11.3 Å². The van der Waals surface area contributed by atoms with Crippen LogP contribution < -0.4 is 5.48 Å². The molecule has 2 aromatic carbocycles. The number of nitrogens with zero attached hydrogens (tertiary/aromatic N) is 1. The van der Waals surface area contributed by atoms with Crippen molar-refractivity contribution in [1.29, 1.82) is 0 Å². The lowest BCUT2D eigenvalue weighted by Crippen LogP contribution is -2.42. The molecule has 0 radical (unpaired) electrons. The van der Waals surface area contributed by atoms with Crippen LogP contribution in [0, 0.1) is 18.6 Å². The molecule has 0 saturated heterocycles. The van der Waals surface area contributed by atoms with E-state index in [1.807, 2.05) is 0 Å². The lowest BCUT2D eigenvalue weighted by Gasteiger charge is -2.28. The number of amides is 1. The van der Waals surface area contributed by atoms with Gasteiger partial charge in [0.15, 0.2) is 0 Å². The van der Waals surface area contributed by atoms with Crippen LogP contribution in [0.15, 0.2) is 42.5 Å². The first-order valence-electron chi connectivity index (χ1n) is 8.43. The summed E-state index contributed by atoms with van der Waals surface area (Å²) in [4.78, 5) is 18.1. The summed E-state index contributed by atoms with van der Waals surface area (Å²) in [5.41, 5.74) is 2.92. The van der Waals surface area contributed by atoms with Gasteiger partial charge in [0.1, 0.15) is 22.1 Å². The third-order valence-corrected chi connectivity index (χ3v) is 6.44. The number of fused-ring (bicyclic) bond motifs is 1. The fourth-order valence-corrected chi connectivity index (χ4v) is 5.10. The Labute approximate surface area is 158 Å². The fourth-order valence-electron chi connectivity index (χ4n) is 3.75. The second-order valence-corrected chi connectivity index (χ2v) is 7.56. The number of thiazole rings is 1. The van der Waals surface area contributed by atoms with Crippen molar-refractivity contribution in [2.45, 2.75) is 25.2 Å². The average Bonchev–Trinajstić information content (AvgIpc) is 3.24. The molecule has 1 aliphatic rings. The van der Waals surface area contributed by atoms with Gasteiger partial charge >= 0.3 is 0 Å². The predicted octanol–water partition coefficient (Wildman–Crippen LogP) is 4.13. The second kappa shape index (κ2) is 6.51. The van der Waals surface area contributed by atoms with Crippen LogP contribution in [0.1, 0.15) is 28.1 Å². The number of rotatable bonds is 3. The van der Waals surface area contributed by atoms with Gasteiger partial charge in [-0.1, -0.05) is 12.1 Å². The van der Waals surface area contributed by atoms with Crippen molar-refractivity contribution < 1.29 is 18.8 Å². The molecular weight excluding hydrogens is 370 g/mol. The van der Waals surface area contributed by atoms with E-state index >= 15 is 0 Å². The van der Waals surface area contributed by atoms with Gasteiger partial charge in [0.2, 0.25) is 0 Å². The molecule has 0 spiro atoms. The second-order valence-electron chi connectivity index (χ2n) is 6.56. The summed E-state index contributed by atoms with van der Waals surface area (Å²) in [5, 5.41) is 10.1. The number of nitrogens with one attached hydrogen (secondary N) is 1. The van der Waals surface area contributed by atoms with Crippen molar-refractivity contribution >= 4 is 17.2 Å². The molecule has 1 amide bonds.